The minimum absolute atomic E-state index is 0.0607. The minimum atomic E-state index is -2.90. The van der Waals surface area contributed by atoms with Gasteiger partial charge in [-0.05, 0) is 24.7 Å². The minimum Gasteiger partial charge on any atom is -0.396 e. The lowest BCUT2D eigenvalue weighted by atomic mass is 9.86. The highest BCUT2D eigenvalue weighted by atomic mass is 32.2. The zero-order valence-corrected chi connectivity index (χ0v) is 10.2. The van der Waals surface area contributed by atoms with E-state index < -0.39 is 9.84 Å². The summed E-state index contributed by atoms with van der Waals surface area (Å²) in [6.07, 6.45) is 2.04. The zero-order chi connectivity index (χ0) is 11.2. The van der Waals surface area contributed by atoms with Gasteiger partial charge >= 0.3 is 0 Å². The Kier molecular flexibility index (Phi) is 5.67. The molecule has 0 aromatic carbocycles. The Labute approximate surface area is 87.4 Å². The second kappa shape index (κ2) is 5.71. The summed E-state index contributed by atoms with van der Waals surface area (Å²) in [5.74, 6) is 0.462. The number of sulfone groups is 1. The lowest BCUT2D eigenvalue weighted by Crippen LogP contribution is -2.25. The lowest BCUT2D eigenvalue weighted by Gasteiger charge is -2.25. The predicted octanol–water partition coefficient (Wildman–Crippen LogP) is 1.61. The van der Waals surface area contributed by atoms with Gasteiger partial charge in [0, 0.05) is 12.4 Å². The van der Waals surface area contributed by atoms with Crippen molar-refractivity contribution >= 4 is 9.84 Å². The van der Waals surface area contributed by atoms with Crippen molar-refractivity contribution < 1.29 is 13.5 Å². The van der Waals surface area contributed by atoms with E-state index in [-0.39, 0.29) is 23.5 Å². The Balaban J connectivity index is 4.16. The quantitative estimate of drug-likeness (QED) is 0.712. The summed E-state index contributed by atoms with van der Waals surface area (Å²) >= 11 is 0. The molecule has 0 radical (unpaired) electrons. The molecule has 0 aliphatic carbocycles. The van der Waals surface area contributed by atoms with Gasteiger partial charge in [0.25, 0.3) is 0 Å². The van der Waals surface area contributed by atoms with E-state index in [9.17, 15) is 8.42 Å². The van der Waals surface area contributed by atoms with Gasteiger partial charge in [-0.1, -0.05) is 20.8 Å². The highest BCUT2D eigenvalue weighted by Crippen LogP contribution is 2.25. The molecule has 3 nitrogen and oxygen atoms in total. The molecule has 0 bridgehead atoms. The van der Waals surface area contributed by atoms with Crippen molar-refractivity contribution in [1.29, 1.82) is 0 Å². The van der Waals surface area contributed by atoms with Crippen molar-refractivity contribution in [3.63, 3.8) is 0 Å². The number of hydrogen-bond acceptors (Lipinski definition) is 3. The SMILES string of the molecule is CCCS(=O)(=O)CCC(C)(CC)CO. The van der Waals surface area contributed by atoms with Gasteiger partial charge in [0.05, 0.1) is 5.75 Å². The van der Waals surface area contributed by atoms with Crippen LogP contribution in [0.2, 0.25) is 0 Å². The molecule has 0 heterocycles. The molecule has 0 aliphatic heterocycles. The van der Waals surface area contributed by atoms with Gasteiger partial charge < -0.3 is 5.11 Å². The van der Waals surface area contributed by atoms with Crippen LogP contribution in [0.25, 0.3) is 0 Å². The summed E-state index contributed by atoms with van der Waals surface area (Å²) in [7, 11) is -2.90. The first-order valence-electron chi connectivity index (χ1n) is 5.20. The van der Waals surface area contributed by atoms with Crippen LogP contribution >= 0.6 is 0 Å². The average molecular weight is 222 g/mol. The molecule has 1 atom stereocenters. The molecule has 4 heteroatoms. The fourth-order valence-corrected chi connectivity index (χ4v) is 2.81. The maximum atomic E-state index is 11.4. The van der Waals surface area contributed by atoms with E-state index in [1.807, 2.05) is 20.8 Å². The Morgan fingerprint density at radius 3 is 2.14 bits per heavy atom. The maximum absolute atomic E-state index is 11.4. The van der Waals surface area contributed by atoms with Crippen molar-refractivity contribution in [3.8, 4) is 0 Å². The molecule has 0 aromatic heterocycles. The van der Waals surface area contributed by atoms with Crippen molar-refractivity contribution in [1.82, 2.24) is 0 Å². The van der Waals surface area contributed by atoms with E-state index >= 15 is 0 Å². The van der Waals surface area contributed by atoms with Crippen LogP contribution in [0.15, 0.2) is 0 Å². The van der Waals surface area contributed by atoms with E-state index in [0.717, 1.165) is 6.42 Å². The zero-order valence-electron chi connectivity index (χ0n) is 9.41. The molecule has 0 saturated carbocycles. The van der Waals surface area contributed by atoms with Crippen LogP contribution < -0.4 is 0 Å². The van der Waals surface area contributed by atoms with Crippen molar-refractivity contribution in [3.05, 3.63) is 0 Å². The van der Waals surface area contributed by atoms with Gasteiger partial charge in [-0.3, -0.25) is 0 Å². The molecule has 0 spiro atoms. The molecule has 86 valence electrons. The topological polar surface area (TPSA) is 54.4 Å². The number of rotatable bonds is 7. The van der Waals surface area contributed by atoms with Gasteiger partial charge in [0.2, 0.25) is 0 Å². The predicted molar refractivity (Wildman–Crippen MR) is 59.0 cm³/mol. The fourth-order valence-electron chi connectivity index (χ4n) is 1.18. The molecule has 0 rings (SSSR count). The van der Waals surface area contributed by atoms with Gasteiger partial charge in [-0.15, -0.1) is 0 Å². The summed E-state index contributed by atoms with van der Waals surface area (Å²) in [4.78, 5) is 0. The highest BCUT2D eigenvalue weighted by Gasteiger charge is 2.23. The second-order valence-corrected chi connectivity index (χ2v) is 6.53. The Morgan fingerprint density at radius 1 is 1.21 bits per heavy atom. The highest BCUT2D eigenvalue weighted by molar-refractivity contribution is 7.91. The van der Waals surface area contributed by atoms with Gasteiger partial charge in [0.15, 0.2) is 0 Å². The van der Waals surface area contributed by atoms with Crippen LogP contribution in [0.3, 0.4) is 0 Å². The van der Waals surface area contributed by atoms with Gasteiger partial charge in [-0.2, -0.15) is 0 Å². The third-order valence-corrected chi connectivity index (χ3v) is 4.62. The molecule has 0 aromatic rings. The standard InChI is InChI=1S/C10H22O3S/c1-4-7-14(12,13)8-6-10(3,5-2)9-11/h11H,4-9H2,1-3H3. The number of aliphatic hydroxyl groups excluding tert-OH is 1. The number of aliphatic hydroxyl groups is 1. The molecule has 0 fully saturated rings. The molecule has 14 heavy (non-hydrogen) atoms. The Morgan fingerprint density at radius 2 is 1.79 bits per heavy atom. The first-order valence-corrected chi connectivity index (χ1v) is 7.02. The van der Waals surface area contributed by atoms with Crippen LogP contribution in [-0.2, 0) is 9.84 Å². The van der Waals surface area contributed by atoms with E-state index in [1.165, 1.54) is 0 Å². The smallest absolute Gasteiger partial charge is 0.150 e. The summed E-state index contributed by atoms with van der Waals surface area (Å²) < 4.78 is 22.9. The van der Waals surface area contributed by atoms with Crippen LogP contribution in [-0.4, -0.2) is 31.6 Å². The van der Waals surface area contributed by atoms with Gasteiger partial charge in [-0.25, -0.2) is 8.42 Å². The fraction of sp³-hybridized carbons (Fsp3) is 1.00. The molecule has 0 saturated heterocycles. The summed E-state index contributed by atoms with van der Waals surface area (Å²) in [6, 6.07) is 0. The summed E-state index contributed by atoms with van der Waals surface area (Å²) in [5.41, 5.74) is -0.235. The van der Waals surface area contributed by atoms with Crippen LogP contribution in [0.1, 0.15) is 40.0 Å². The first-order chi connectivity index (χ1) is 6.39. The molecular weight excluding hydrogens is 200 g/mol. The molecule has 1 unspecified atom stereocenters. The van der Waals surface area contributed by atoms with Crippen LogP contribution in [0.4, 0.5) is 0 Å². The normalized spacial score (nSPS) is 16.6. The molecule has 1 N–H and O–H groups in total. The van der Waals surface area contributed by atoms with Crippen LogP contribution in [0, 0.1) is 5.41 Å². The van der Waals surface area contributed by atoms with E-state index in [4.69, 9.17) is 5.11 Å². The Hall–Kier alpha value is -0.0900. The van der Waals surface area contributed by atoms with E-state index in [1.54, 1.807) is 0 Å². The largest absolute Gasteiger partial charge is 0.396 e. The molecule has 0 amide bonds. The molecule has 0 aliphatic rings. The average Bonchev–Trinajstić information content (AvgIpc) is 2.14. The van der Waals surface area contributed by atoms with Crippen LogP contribution in [0.5, 0.6) is 0 Å². The second-order valence-electron chi connectivity index (χ2n) is 4.22. The monoisotopic (exact) mass is 222 g/mol. The van der Waals surface area contributed by atoms with Crippen molar-refractivity contribution in [2.75, 3.05) is 18.1 Å². The molecular formula is C10H22O3S. The number of hydrogen-bond donors (Lipinski definition) is 1. The summed E-state index contributed by atoms with van der Waals surface area (Å²) in [5, 5.41) is 9.12. The van der Waals surface area contributed by atoms with Crippen molar-refractivity contribution in [2.45, 2.75) is 40.0 Å². The first kappa shape index (κ1) is 13.9. The third kappa shape index (κ3) is 4.96. The Bertz CT molecular complexity index is 240. The van der Waals surface area contributed by atoms with Gasteiger partial charge in [0.1, 0.15) is 9.84 Å². The van der Waals surface area contributed by atoms with Crippen molar-refractivity contribution in [2.24, 2.45) is 5.41 Å². The maximum Gasteiger partial charge on any atom is 0.150 e. The van der Waals surface area contributed by atoms with E-state index in [2.05, 4.69) is 0 Å². The third-order valence-electron chi connectivity index (χ3n) is 2.77. The van der Waals surface area contributed by atoms with E-state index in [0.29, 0.717) is 12.8 Å². The summed E-state index contributed by atoms with van der Waals surface area (Å²) in [6.45, 7) is 5.82. The lowest BCUT2D eigenvalue weighted by molar-refractivity contribution is 0.134.